The first-order valence-electron chi connectivity index (χ1n) is 3.39. The van der Waals surface area contributed by atoms with E-state index in [0.29, 0.717) is 5.69 Å². The molecule has 0 radical (unpaired) electrons. The molecule has 0 aromatic carbocycles. The Morgan fingerprint density at radius 2 is 2.18 bits per heavy atom. The van der Waals surface area contributed by atoms with Crippen LogP contribution in [-0.2, 0) is 0 Å². The van der Waals surface area contributed by atoms with Crippen LogP contribution in [-0.4, -0.2) is 11.2 Å². The number of nitrogens with zero attached hydrogens (tertiary/aromatic N) is 1. The van der Waals surface area contributed by atoms with Crippen molar-refractivity contribution in [2.75, 3.05) is 5.73 Å². The molecule has 11 heavy (non-hydrogen) atoms. The van der Waals surface area contributed by atoms with Gasteiger partial charge in [-0.15, -0.1) is 0 Å². The van der Waals surface area contributed by atoms with Crippen molar-refractivity contribution in [3.8, 4) is 0 Å². The van der Waals surface area contributed by atoms with E-state index in [2.05, 4.69) is 4.98 Å². The van der Waals surface area contributed by atoms with Gasteiger partial charge in [0.2, 0.25) is 0 Å². The molecule has 0 aliphatic rings. The number of nitrogens with two attached hydrogens (primary N) is 1. The van der Waals surface area contributed by atoms with Gasteiger partial charge in [-0.2, -0.15) is 0 Å². The molecule has 1 aromatic rings. The highest BCUT2D eigenvalue weighted by atomic mass is 14.7. The molecule has 0 spiro atoms. The molecule has 0 atom stereocenters. The van der Waals surface area contributed by atoms with Crippen molar-refractivity contribution in [3.63, 3.8) is 0 Å². The van der Waals surface area contributed by atoms with Crippen molar-refractivity contribution in [3.05, 3.63) is 23.0 Å². The van der Waals surface area contributed by atoms with Crippen LogP contribution in [0, 0.1) is 19.3 Å². The molecule has 1 heterocycles. The molecule has 1 rings (SSSR count). The van der Waals surface area contributed by atoms with Gasteiger partial charge < -0.3 is 11.1 Å². The van der Waals surface area contributed by atoms with Crippen LogP contribution in [0.15, 0.2) is 6.07 Å². The average molecular weight is 149 g/mol. The summed E-state index contributed by atoms with van der Waals surface area (Å²) in [5.41, 5.74) is 8.69. The van der Waals surface area contributed by atoms with E-state index in [1.807, 2.05) is 13.8 Å². The second-order valence-electron chi connectivity index (χ2n) is 2.50. The minimum Gasteiger partial charge on any atom is -0.397 e. The molecule has 58 valence electrons. The summed E-state index contributed by atoms with van der Waals surface area (Å²) in [5.74, 6) is 0. The van der Waals surface area contributed by atoms with Gasteiger partial charge in [0.1, 0.15) is 0 Å². The van der Waals surface area contributed by atoms with Crippen LogP contribution < -0.4 is 5.73 Å². The fourth-order valence-corrected chi connectivity index (χ4v) is 0.988. The number of hydrogen-bond donors (Lipinski definition) is 2. The Morgan fingerprint density at radius 3 is 2.73 bits per heavy atom. The summed E-state index contributed by atoms with van der Waals surface area (Å²) in [7, 11) is 0. The van der Waals surface area contributed by atoms with Gasteiger partial charge in [0, 0.05) is 17.5 Å². The molecule has 3 nitrogen and oxygen atoms in total. The maximum absolute atomic E-state index is 7.05. The summed E-state index contributed by atoms with van der Waals surface area (Å²) in [5, 5.41) is 7.05. The van der Waals surface area contributed by atoms with Gasteiger partial charge in [-0.1, -0.05) is 0 Å². The lowest BCUT2D eigenvalue weighted by molar-refractivity contribution is 1.12. The second-order valence-corrected chi connectivity index (χ2v) is 2.50. The highest BCUT2D eigenvalue weighted by Gasteiger charge is 2.00. The molecule has 1 aromatic heterocycles. The standard InChI is InChI=1S/C8H11N3/c1-5-3-7(4-9)8(10)6(2)11-5/h3-4,9H,10H2,1-2H3. The third kappa shape index (κ3) is 1.37. The van der Waals surface area contributed by atoms with Gasteiger partial charge in [-0.3, -0.25) is 4.98 Å². The van der Waals surface area contributed by atoms with Gasteiger partial charge >= 0.3 is 0 Å². The molecule has 0 saturated heterocycles. The first-order valence-corrected chi connectivity index (χ1v) is 3.39. The highest BCUT2D eigenvalue weighted by molar-refractivity contribution is 5.85. The van der Waals surface area contributed by atoms with Crippen LogP contribution in [0.4, 0.5) is 5.69 Å². The largest absolute Gasteiger partial charge is 0.397 e. The lowest BCUT2D eigenvalue weighted by atomic mass is 10.2. The van der Waals surface area contributed by atoms with E-state index >= 15 is 0 Å². The molecule has 0 unspecified atom stereocenters. The number of aromatic nitrogens is 1. The van der Waals surface area contributed by atoms with Gasteiger partial charge in [-0.25, -0.2) is 0 Å². The van der Waals surface area contributed by atoms with E-state index in [4.69, 9.17) is 11.1 Å². The first kappa shape index (κ1) is 7.72. The van der Waals surface area contributed by atoms with Gasteiger partial charge in [0.05, 0.1) is 11.4 Å². The smallest absolute Gasteiger partial charge is 0.0619 e. The number of nitrogens with one attached hydrogen (secondary N) is 1. The molecular formula is C8H11N3. The van der Waals surface area contributed by atoms with Crippen LogP contribution in [0.3, 0.4) is 0 Å². The maximum Gasteiger partial charge on any atom is 0.0619 e. The molecule has 0 amide bonds. The number of aryl methyl sites for hydroxylation is 2. The summed E-state index contributed by atoms with van der Waals surface area (Å²) in [6.45, 7) is 3.73. The SMILES string of the molecule is Cc1cc(C=N)c(N)c(C)n1. The number of nitrogen functional groups attached to an aromatic ring is 1. The lowest BCUT2D eigenvalue weighted by Gasteiger charge is -2.03. The quantitative estimate of drug-likeness (QED) is 0.591. The third-order valence-electron chi connectivity index (χ3n) is 1.56. The fourth-order valence-electron chi connectivity index (χ4n) is 0.988. The monoisotopic (exact) mass is 149 g/mol. The molecule has 3 heteroatoms. The summed E-state index contributed by atoms with van der Waals surface area (Å²) >= 11 is 0. The Balaban J connectivity index is 3.35. The zero-order valence-electron chi connectivity index (χ0n) is 6.68. The molecule has 0 bridgehead atoms. The molecule has 3 N–H and O–H groups in total. The molecule has 0 fully saturated rings. The van der Waals surface area contributed by atoms with E-state index in [1.54, 1.807) is 6.07 Å². The second kappa shape index (κ2) is 2.70. The van der Waals surface area contributed by atoms with E-state index in [9.17, 15) is 0 Å². The van der Waals surface area contributed by atoms with Crippen molar-refractivity contribution in [1.82, 2.24) is 4.98 Å². The maximum atomic E-state index is 7.05. The minimum atomic E-state index is 0.602. The van der Waals surface area contributed by atoms with E-state index < -0.39 is 0 Å². The third-order valence-corrected chi connectivity index (χ3v) is 1.56. The average Bonchev–Trinajstić information content (AvgIpc) is 1.96. The number of rotatable bonds is 1. The Labute approximate surface area is 65.8 Å². The summed E-state index contributed by atoms with van der Waals surface area (Å²) in [6.07, 6.45) is 1.25. The normalized spacial score (nSPS) is 9.64. The topological polar surface area (TPSA) is 62.8 Å². The highest BCUT2D eigenvalue weighted by Crippen LogP contribution is 2.13. The first-order chi connectivity index (χ1) is 5.15. The van der Waals surface area contributed by atoms with E-state index in [1.165, 1.54) is 6.21 Å². The van der Waals surface area contributed by atoms with Crippen LogP contribution in [0.5, 0.6) is 0 Å². The number of pyridine rings is 1. The fraction of sp³-hybridized carbons (Fsp3) is 0.250. The molecule has 0 aliphatic heterocycles. The Kier molecular flexibility index (Phi) is 1.89. The predicted octanol–water partition coefficient (Wildman–Crippen LogP) is 1.28. The van der Waals surface area contributed by atoms with Crippen molar-refractivity contribution >= 4 is 11.9 Å². The Bertz CT molecular complexity index is 292. The van der Waals surface area contributed by atoms with Crippen LogP contribution in [0.1, 0.15) is 17.0 Å². The van der Waals surface area contributed by atoms with Crippen LogP contribution in [0.25, 0.3) is 0 Å². The van der Waals surface area contributed by atoms with Gasteiger partial charge in [0.15, 0.2) is 0 Å². The number of anilines is 1. The Hall–Kier alpha value is -1.38. The minimum absolute atomic E-state index is 0.602. The predicted molar refractivity (Wildman–Crippen MR) is 46.0 cm³/mol. The van der Waals surface area contributed by atoms with Crippen molar-refractivity contribution < 1.29 is 0 Å². The molecule has 0 aliphatic carbocycles. The van der Waals surface area contributed by atoms with E-state index in [0.717, 1.165) is 17.0 Å². The van der Waals surface area contributed by atoms with Crippen molar-refractivity contribution in [2.45, 2.75) is 13.8 Å². The summed E-state index contributed by atoms with van der Waals surface area (Å²) < 4.78 is 0. The van der Waals surface area contributed by atoms with Crippen LogP contribution >= 0.6 is 0 Å². The van der Waals surface area contributed by atoms with Crippen molar-refractivity contribution in [2.24, 2.45) is 0 Å². The van der Waals surface area contributed by atoms with Gasteiger partial charge in [0.25, 0.3) is 0 Å². The van der Waals surface area contributed by atoms with E-state index in [-0.39, 0.29) is 0 Å². The Morgan fingerprint density at radius 1 is 1.55 bits per heavy atom. The van der Waals surface area contributed by atoms with Crippen molar-refractivity contribution in [1.29, 1.82) is 5.41 Å². The molecule has 0 saturated carbocycles. The van der Waals surface area contributed by atoms with Gasteiger partial charge in [-0.05, 0) is 19.9 Å². The zero-order chi connectivity index (χ0) is 8.43. The van der Waals surface area contributed by atoms with Crippen LogP contribution in [0.2, 0.25) is 0 Å². The summed E-state index contributed by atoms with van der Waals surface area (Å²) in [6, 6.07) is 1.80. The summed E-state index contributed by atoms with van der Waals surface area (Å²) in [4.78, 5) is 4.15. The zero-order valence-corrected chi connectivity index (χ0v) is 6.68. The number of hydrogen-bond acceptors (Lipinski definition) is 3. The molecular weight excluding hydrogens is 138 g/mol. The lowest BCUT2D eigenvalue weighted by Crippen LogP contribution is -2.00.